The molecule has 2 aliphatic rings. The average Bonchev–Trinajstić information content (AvgIpc) is 2.56. The van der Waals surface area contributed by atoms with Crippen molar-refractivity contribution in [2.24, 2.45) is 0 Å². The van der Waals surface area contributed by atoms with E-state index in [9.17, 15) is 19.2 Å². The number of hydrogen-bond donors (Lipinski definition) is 1. The van der Waals surface area contributed by atoms with Crippen LogP contribution < -0.4 is 0 Å². The van der Waals surface area contributed by atoms with Crippen LogP contribution in [0.4, 0.5) is 0 Å². The second kappa shape index (κ2) is 9.17. The molecule has 7 heteroatoms. The maximum Gasteiger partial charge on any atom is 0.306 e. The normalized spacial score (nSPS) is 16.9. The lowest BCUT2D eigenvalue weighted by molar-refractivity contribution is -0.146. The van der Waals surface area contributed by atoms with E-state index in [2.05, 4.69) is 0 Å². The SMILES string of the molecule is O=C(O)CCOC(=O)CCC1=CC(=O)CC=C1SC1=CCC(=O)C=C1. The Hall–Kier alpha value is -2.41. The van der Waals surface area contributed by atoms with E-state index >= 15 is 0 Å². The highest BCUT2D eigenvalue weighted by Gasteiger charge is 2.17. The third-order valence-electron chi connectivity index (χ3n) is 3.48. The second-order valence-electron chi connectivity index (χ2n) is 5.48. The number of ketones is 2. The topological polar surface area (TPSA) is 97.7 Å². The Bertz CT molecular complexity index is 711. The predicted octanol–water partition coefficient (Wildman–Crippen LogP) is 2.71. The van der Waals surface area contributed by atoms with Crippen LogP contribution in [0.5, 0.6) is 0 Å². The fourth-order valence-electron chi connectivity index (χ4n) is 2.23. The van der Waals surface area contributed by atoms with Crippen molar-refractivity contribution in [1.82, 2.24) is 0 Å². The zero-order valence-corrected chi connectivity index (χ0v) is 14.3. The number of allylic oxidation sites excluding steroid dienone is 6. The number of hydrogen-bond acceptors (Lipinski definition) is 6. The third kappa shape index (κ3) is 6.54. The van der Waals surface area contributed by atoms with Gasteiger partial charge in [0.05, 0.1) is 6.42 Å². The van der Waals surface area contributed by atoms with Crippen LogP contribution in [-0.2, 0) is 23.9 Å². The van der Waals surface area contributed by atoms with Crippen molar-refractivity contribution in [1.29, 1.82) is 0 Å². The Kier molecular flexibility index (Phi) is 6.94. The summed E-state index contributed by atoms with van der Waals surface area (Å²) in [6.07, 6.45) is 9.32. The van der Waals surface area contributed by atoms with Gasteiger partial charge in [-0.1, -0.05) is 23.9 Å². The fraction of sp³-hybridized carbons (Fsp3) is 0.333. The lowest BCUT2D eigenvalue weighted by atomic mass is 10.0. The second-order valence-corrected chi connectivity index (χ2v) is 6.60. The molecule has 6 nitrogen and oxygen atoms in total. The van der Waals surface area contributed by atoms with Gasteiger partial charge < -0.3 is 9.84 Å². The summed E-state index contributed by atoms with van der Waals surface area (Å²) < 4.78 is 4.85. The lowest BCUT2D eigenvalue weighted by Gasteiger charge is -2.16. The Balaban J connectivity index is 1.90. The summed E-state index contributed by atoms with van der Waals surface area (Å²) in [5, 5.41) is 8.52. The van der Waals surface area contributed by atoms with Gasteiger partial charge in [0.2, 0.25) is 0 Å². The number of carboxylic acids is 1. The van der Waals surface area contributed by atoms with Gasteiger partial charge in [0.25, 0.3) is 0 Å². The number of esters is 1. The quantitative estimate of drug-likeness (QED) is 0.663. The number of rotatable bonds is 8. The fourth-order valence-corrected chi connectivity index (χ4v) is 3.24. The molecule has 0 aromatic rings. The molecule has 0 radical (unpaired) electrons. The smallest absolute Gasteiger partial charge is 0.306 e. The molecule has 1 N–H and O–H groups in total. The van der Waals surface area contributed by atoms with E-state index in [0.717, 1.165) is 15.4 Å². The molecular formula is C18H18O6S. The number of carbonyl (C=O) groups excluding carboxylic acids is 3. The van der Waals surface area contributed by atoms with Crippen LogP contribution in [-0.4, -0.2) is 35.2 Å². The van der Waals surface area contributed by atoms with Crippen molar-refractivity contribution >= 4 is 35.3 Å². The van der Waals surface area contributed by atoms with Gasteiger partial charge in [-0.3, -0.25) is 19.2 Å². The minimum Gasteiger partial charge on any atom is -0.481 e. The first kappa shape index (κ1) is 18.9. The van der Waals surface area contributed by atoms with Crippen LogP contribution in [0.2, 0.25) is 0 Å². The zero-order chi connectivity index (χ0) is 18.2. The molecule has 2 aliphatic carbocycles. The summed E-state index contributed by atoms with van der Waals surface area (Å²) in [6, 6.07) is 0. The first-order valence-electron chi connectivity index (χ1n) is 7.84. The van der Waals surface area contributed by atoms with Crippen LogP contribution in [0.3, 0.4) is 0 Å². The first-order valence-corrected chi connectivity index (χ1v) is 8.66. The van der Waals surface area contributed by atoms with Crippen LogP contribution >= 0.6 is 11.8 Å². The molecule has 0 heterocycles. The predicted molar refractivity (Wildman–Crippen MR) is 92.7 cm³/mol. The van der Waals surface area contributed by atoms with E-state index in [1.165, 1.54) is 23.9 Å². The molecule has 0 aliphatic heterocycles. The van der Waals surface area contributed by atoms with E-state index in [4.69, 9.17) is 9.84 Å². The number of carbonyl (C=O) groups is 4. The van der Waals surface area contributed by atoms with Gasteiger partial charge in [0.15, 0.2) is 11.6 Å². The van der Waals surface area contributed by atoms with Gasteiger partial charge in [-0.15, -0.1) is 0 Å². The van der Waals surface area contributed by atoms with Crippen molar-refractivity contribution in [2.75, 3.05) is 6.61 Å². The van der Waals surface area contributed by atoms with Gasteiger partial charge in [-0.25, -0.2) is 0 Å². The standard InChI is InChI=1S/C18H18O6S/c19-13-2-5-15(6-3-13)25-16-7-4-14(20)11-12(16)1-8-18(23)24-10-9-17(21)22/h2,5-7,11H,1,3-4,8-10H2,(H,21,22). The monoisotopic (exact) mass is 362 g/mol. The maximum atomic E-state index is 11.7. The minimum absolute atomic E-state index is 0.0260. The van der Waals surface area contributed by atoms with Crippen LogP contribution in [0, 0.1) is 0 Å². The van der Waals surface area contributed by atoms with Crippen molar-refractivity contribution < 1.29 is 29.0 Å². The van der Waals surface area contributed by atoms with E-state index in [1.807, 2.05) is 12.2 Å². The Morgan fingerprint density at radius 1 is 1.08 bits per heavy atom. The molecule has 25 heavy (non-hydrogen) atoms. The highest BCUT2D eigenvalue weighted by molar-refractivity contribution is 8.07. The van der Waals surface area contributed by atoms with E-state index < -0.39 is 11.9 Å². The van der Waals surface area contributed by atoms with Crippen molar-refractivity contribution in [3.8, 4) is 0 Å². The summed E-state index contributed by atoms with van der Waals surface area (Å²) in [6.45, 7) is -0.157. The molecule has 0 fully saturated rings. The molecule has 0 saturated heterocycles. The van der Waals surface area contributed by atoms with Crippen LogP contribution in [0.25, 0.3) is 0 Å². The molecule has 0 atom stereocenters. The van der Waals surface area contributed by atoms with Crippen LogP contribution in [0.15, 0.2) is 45.8 Å². The summed E-state index contributed by atoms with van der Waals surface area (Å²) in [7, 11) is 0. The molecule has 0 bridgehead atoms. The number of ether oxygens (including phenoxy) is 1. The molecule has 0 saturated carbocycles. The highest BCUT2D eigenvalue weighted by atomic mass is 32.2. The molecule has 2 rings (SSSR count). The molecular weight excluding hydrogens is 344 g/mol. The molecule has 0 aromatic carbocycles. The van der Waals surface area contributed by atoms with Crippen LogP contribution in [0.1, 0.15) is 32.1 Å². The number of thioether (sulfide) groups is 1. The molecule has 0 amide bonds. The Morgan fingerprint density at radius 2 is 1.84 bits per heavy atom. The first-order chi connectivity index (χ1) is 11.9. The molecule has 0 spiro atoms. The summed E-state index contributed by atoms with van der Waals surface area (Å²) in [4.78, 5) is 46.8. The lowest BCUT2D eigenvalue weighted by Crippen LogP contribution is -2.10. The van der Waals surface area contributed by atoms with Gasteiger partial charge in [-0.05, 0) is 30.2 Å². The Labute approximate surface area is 149 Å². The molecule has 132 valence electrons. The number of aliphatic carboxylic acids is 1. The Morgan fingerprint density at radius 3 is 2.52 bits per heavy atom. The molecule has 0 aromatic heterocycles. The van der Waals surface area contributed by atoms with E-state index in [0.29, 0.717) is 19.3 Å². The maximum absolute atomic E-state index is 11.7. The largest absolute Gasteiger partial charge is 0.481 e. The summed E-state index contributed by atoms with van der Waals surface area (Å²) >= 11 is 1.46. The summed E-state index contributed by atoms with van der Waals surface area (Å²) in [5.41, 5.74) is 0.752. The average molecular weight is 362 g/mol. The van der Waals surface area contributed by atoms with Crippen molar-refractivity contribution in [3.05, 3.63) is 45.8 Å². The number of carboxylic acid groups (broad SMARTS) is 1. The van der Waals surface area contributed by atoms with E-state index in [1.54, 1.807) is 6.08 Å². The van der Waals surface area contributed by atoms with Gasteiger partial charge >= 0.3 is 11.9 Å². The van der Waals surface area contributed by atoms with Crippen molar-refractivity contribution in [2.45, 2.75) is 32.1 Å². The summed E-state index contributed by atoms with van der Waals surface area (Å²) in [5.74, 6) is -1.49. The molecule has 0 unspecified atom stereocenters. The van der Waals surface area contributed by atoms with E-state index in [-0.39, 0.29) is 31.0 Å². The van der Waals surface area contributed by atoms with Gasteiger partial charge in [0.1, 0.15) is 6.61 Å². The zero-order valence-electron chi connectivity index (χ0n) is 13.5. The highest BCUT2D eigenvalue weighted by Crippen LogP contribution is 2.37. The van der Waals surface area contributed by atoms with Gasteiger partial charge in [-0.2, -0.15) is 0 Å². The minimum atomic E-state index is -1.03. The van der Waals surface area contributed by atoms with Gasteiger partial charge in [0, 0.05) is 29.1 Å². The third-order valence-corrected chi connectivity index (χ3v) is 4.67. The van der Waals surface area contributed by atoms with Crippen molar-refractivity contribution in [3.63, 3.8) is 0 Å².